The first-order valence-corrected chi connectivity index (χ1v) is 7.70. The van der Waals surface area contributed by atoms with Crippen LogP contribution in [-0.2, 0) is 16.6 Å². The highest BCUT2D eigenvalue weighted by molar-refractivity contribution is 5.86. The van der Waals surface area contributed by atoms with Crippen molar-refractivity contribution in [1.82, 2.24) is 0 Å². The van der Waals surface area contributed by atoms with Gasteiger partial charge in [-0.25, -0.2) is 4.99 Å². The number of rotatable bonds is 3. The molecule has 2 aromatic rings. The third kappa shape index (κ3) is 3.07. The zero-order chi connectivity index (χ0) is 16.4. The van der Waals surface area contributed by atoms with E-state index in [1.165, 1.54) is 0 Å². The molecule has 0 bridgehead atoms. The van der Waals surface area contributed by atoms with Crippen molar-refractivity contribution in [3.05, 3.63) is 70.2 Å². The van der Waals surface area contributed by atoms with Gasteiger partial charge in [-0.15, -0.1) is 0 Å². The van der Waals surface area contributed by atoms with E-state index in [-0.39, 0.29) is 11.8 Å². The van der Waals surface area contributed by atoms with Crippen molar-refractivity contribution in [3.63, 3.8) is 0 Å². The van der Waals surface area contributed by atoms with E-state index in [2.05, 4.69) is 11.1 Å². The molecule has 0 aromatic heterocycles. The Morgan fingerprint density at radius 2 is 1.83 bits per heavy atom. The summed E-state index contributed by atoms with van der Waals surface area (Å²) >= 11 is 0. The predicted octanol–water partition coefficient (Wildman–Crippen LogP) is 2.29. The lowest BCUT2D eigenvalue weighted by molar-refractivity contribution is -0.120. The Labute approximate surface area is 135 Å². The van der Waals surface area contributed by atoms with Gasteiger partial charge < -0.3 is 0 Å². The monoisotopic (exact) mass is 302 g/mol. The van der Waals surface area contributed by atoms with Crippen molar-refractivity contribution >= 4 is 12.0 Å². The van der Waals surface area contributed by atoms with E-state index in [9.17, 15) is 10.1 Å². The topological polar surface area (TPSA) is 53.2 Å². The first kappa shape index (κ1) is 15.2. The van der Waals surface area contributed by atoms with Crippen LogP contribution in [0.2, 0.25) is 0 Å². The van der Waals surface area contributed by atoms with E-state index in [1.807, 2.05) is 68.5 Å². The molecular formula is C20H18N2O. The van der Waals surface area contributed by atoms with Gasteiger partial charge in [-0.1, -0.05) is 48.5 Å². The highest BCUT2D eigenvalue weighted by atomic mass is 16.1. The Balaban J connectivity index is 1.85. The van der Waals surface area contributed by atoms with E-state index >= 15 is 0 Å². The van der Waals surface area contributed by atoms with E-state index < -0.39 is 5.41 Å². The summed E-state index contributed by atoms with van der Waals surface area (Å²) < 4.78 is 0. The lowest BCUT2D eigenvalue weighted by atomic mass is 9.85. The summed E-state index contributed by atoms with van der Waals surface area (Å²) in [5, 5.41) is 11.0. The second-order valence-electron chi connectivity index (χ2n) is 6.42. The van der Waals surface area contributed by atoms with Gasteiger partial charge >= 0.3 is 0 Å². The second-order valence-corrected chi connectivity index (χ2v) is 6.42. The first-order valence-electron chi connectivity index (χ1n) is 7.70. The molecule has 0 N–H and O–H groups in total. The van der Waals surface area contributed by atoms with Gasteiger partial charge in [0, 0.05) is 0 Å². The minimum absolute atomic E-state index is 0.0925. The van der Waals surface area contributed by atoms with Gasteiger partial charge in [0.15, 0.2) is 0 Å². The van der Waals surface area contributed by atoms with E-state index in [1.54, 1.807) is 0 Å². The van der Waals surface area contributed by atoms with Gasteiger partial charge in [-0.05, 0) is 42.7 Å². The van der Waals surface area contributed by atoms with Crippen LogP contribution in [0.3, 0.4) is 0 Å². The Morgan fingerprint density at radius 1 is 1.13 bits per heavy atom. The molecule has 3 nitrogen and oxygen atoms in total. The lowest BCUT2D eigenvalue weighted by Gasteiger charge is -2.17. The third-order valence-corrected chi connectivity index (χ3v) is 4.28. The van der Waals surface area contributed by atoms with Crippen LogP contribution in [0.5, 0.6) is 0 Å². The van der Waals surface area contributed by atoms with Crippen LogP contribution in [0.15, 0.2) is 53.5 Å². The van der Waals surface area contributed by atoms with Crippen molar-refractivity contribution in [2.45, 2.75) is 25.7 Å². The normalized spacial score (nSPS) is 16.7. The molecule has 1 amide bonds. The Bertz CT molecular complexity index is 902. The molecule has 3 heteroatoms. The summed E-state index contributed by atoms with van der Waals surface area (Å²) in [6.07, 6.45) is 2.63. The lowest BCUT2D eigenvalue weighted by Crippen LogP contribution is -2.34. The number of nitrogens with zero attached hydrogens (tertiary/aromatic N) is 2. The summed E-state index contributed by atoms with van der Waals surface area (Å²) in [5.74, 6) is -0.315. The SMILES string of the molecule is CC(C)(C#N)c1ccc(CC2C=c3ccccc3=NC2=O)cc1. The third-order valence-electron chi connectivity index (χ3n) is 4.28. The van der Waals surface area contributed by atoms with Crippen LogP contribution >= 0.6 is 0 Å². The number of amides is 1. The number of carbonyl (C=O) groups excluding carboxylic acids is 1. The zero-order valence-corrected chi connectivity index (χ0v) is 13.3. The maximum Gasteiger partial charge on any atom is 0.253 e. The molecule has 1 aliphatic heterocycles. The number of para-hydroxylation sites is 1. The van der Waals surface area contributed by atoms with Crippen LogP contribution in [-0.4, -0.2) is 5.91 Å². The number of nitriles is 1. The van der Waals surface area contributed by atoms with Crippen LogP contribution in [0.25, 0.3) is 6.08 Å². The van der Waals surface area contributed by atoms with E-state index in [0.717, 1.165) is 21.7 Å². The smallest absolute Gasteiger partial charge is 0.253 e. The molecule has 114 valence electrons. The van der Waals surface area contributed by atoms with Gasteiger partial charge in [0.2, 0.25) is 0 Å². The van der Waals surface area contributed by atoms with Gasteiger partial charge in [0.05, 0.1) is 22.8 Å². The highest BCUT2D eigenvalue weighted by Gasteiger charge is 2.21. The Morgan fingerprint density at radius 3 is 2.52 bits per heavy atom. The fourth-order valence-corrected chi connectivity index (χ4v) is 2.74. The number of hydrogen-bond acceptors (Lipinski definition) is 2. The zero-order valence-electron chi connectivity index (χ0n) is 13.3. The molecule has 0 spiro atoms. The fraction of sp³-hybridized carbons (Fsp3) is 0.250. The molecule has 0 aliphatic carbocycles. The Hall–Kier alpha value is -2.73. The summed E-state index contributed by atoms with van der Waals surface area (Å²) in [5.41, 5.74) is 1.56. The predicted molar refractivity (Wildman–Crippen MR) is 89.0 cm³/mol. The number of carbonyl (C=O) groups is 1. The van der Waals surface area contributed by atoms with Crippen molar-refractivity contribution < 1.29 is 4.79 Å². The minimum atomic E-state index is -0.500. The molecule has 0 fully saturated rings. The van der Waals surface area contributed by atoms with Crippen molar-refractivity contribution in [3.8, 4) is 6.07 Å². The second kappa shape index (κ2) is 5.81. The number of benzene rings is 2. The highest BCUT2D eigenvalue weighted by Crippen LogP contribution is 2.23. The molecule has 1 aliphatic rings. The van der Waals surface area contributed by atoms with Crippen LogP contribution in [0, 0.1) is 17.2 Å². The fourth-order valence-electron chi connectivity index (χ4n) is 2.74. The molecule has 0 radical (unpaired) electrons. The molecule has 2 aromatic carbocycles. The molecular weight excluding hydrogens is 284 g/mol. The molecule has 3 rings (SSSR count). The van der Waals surface area contributed by atoms with Crippen molar-refractivity contribution in [2.75, 3.05) is 0 Å². The van der Waals surface area contributed by atoms with E-state index in [0.29, 0.717) is 6.42 Å². The summed E-state index contributed by atoms with van der Waals surface area (Å²) in [6.45, 7) is 3.80. The summed E-state index contributed by atoms with van der Waals surface area (Å²) in [7, 11) is 0. The quantitative estimate of drug-likeness (QED) is 0.873. The standard InChI is InChI=1S/C20H18N2O/c1-20(2,13-21)17-9-7-14(8-10-17)11-16-12-15-5-3-4-6-18(15)22-19(16)23/h3-10,12,16H,11H2,1-2H3. The van der Waals surface area contributed by atoms with Gasteiger partial charge in [0.25, 0.3) is 5.91 Å². The van der Waals surface area contributed by atoms with Gasteiger partial charge in [-0.2, -0.15) is 5.26 Å². The van der Waals surface area contributed by atoms with E-state index in [4.69, 9.17) is 0 Å². The molecule has 1 heterocycles. The van der Waals surface area contributed by atoms with Crippen LogP contribution < -0.4 is 10.6 Å². The molecule has 23 heavy (non-hydrogen) atoms. The molecule has 1 unspecified atom stereocenters. The average molecular weight is 302 g/mol. The minimum Gasteiger partial charge on any atom is -0.272 e. The average Bonchev–Trinajstić information content (AvgIpc) is 2.56. The Kier molecular flexibility index (Phi) is 3.83. The maximum absolute atomic E-state index is 12.2. The van der Waals surface area contributed by atoms with Crippen molar-refractivity contribution in [1.29, 1.82) is 5.26 Å². The molecule has 1 atom stereocenters. The van der Waals surface area contributed by atoms with Gasteiger partial charge in [-0.3, -0.25) is 4.79 Å². The number of hydrogen-bond donors (Lipinski definition) is 0. The first-order chi connectivity index (χ1) is 11.0. The van der Waals surface area contributed by atoms with Gasteiger partial charge in [0.1, 0.15) is 0 Å². The van der Waals surface area contributed by atoms with Crippen LogP contribution in [0.1, 0.15) is 25.0 Å². The molecule has 0 saturated carbocycles. The summed E-state index contributed by atoms with van der Waals surface area (Å²) in [6, 6.07) is 17.9. The maximum atomic E-state index is 12.2. The van der Waals surface area contributed by atoms with Crippen LogP contribution in [0.4, 0.5) is 0 Å². The molecule has 0 saturated heterocycles. The largest absolute Gasteiger partial charge is 0.272 e. The van der Waals surface area contributed by atoms with Crippen molar-refractivity contribution in [2.24, 2.45) is 10.9 Å². The number of fused-ring (bicyclic) bond motifs is 1. The summed E-state index contributed by atoms with van der Waals surface area (Å²) in [4.78, 5) is 16.4.